The lowest BCUT2D eigenvalue weighted by atomic mass is 10.2. The number of anilines is 2. The second-order valence-electron chi connectivity index (χ2n) is 4.69. The second kappa shape index (κ2) is 5.68. The fourth-order valence-corrected chi connectivity index (χ4v) is 3.32. The minimum atomic E-state index is -0.613. The number of carbonyl (C=O) groups is 2. The van der Waals surface area contributed by atoms with Crippen LogP contribution in [0.2, 0.25) is 0 Å². The first kappa shape index (κ1) is 14.6. The number of nitrogens with zero attached hydrogens (tertiary/aromatic N) is 2. The highest BCUT2D eigenvalue weighted by Gasteiger charge is 2.28. The number of nitrogen functional groups attached to an aromatic ring is 1. The van der Waals surface area contributed by atoms with E-state index in [1.54, 1.807) is 14.1 Å². The lowest BCUT2D eigenvalue weighted by Gasteiger charge is -2.28. The number of ether oxygens (including phenoxy) is 1. The topological polar surface area (TPSA) is 102 Å². The summed E-state index contributed by atoms with van der Waals surface area (Å²) in [6, 6.07) is 0. The van der Waals surface area contributed by atoms with Crippen LogP contribution < -0.4 is 16.4 Å². The maximum Gasteiger partial charge on any atom is 0.265 e. The Bertz CT molecular complexity index is 535. The maximum absolute atomic E-state index is 12.1. The van der Waals surface area contributed by atoms with Gasteiger partial charge >= 0.3 is 0 Å². The second-order valence-corrected chi connectivity index (χ2v) is 5.69. The van der Waals surface area contributed by atoms with E-state index in [2.05, 4.69) is 0 Å². The van der Waals surface area contributed by atoms with Gasteiger partial charge in [-0.05, 0) is 0 Å². The maximum atomic E-state index is 12.1. The van der Waals surface area contributed by atoms with E-state index in [1.807, 2.05) is 4.90 Å². The Labute approximate surface area is 121 Å². The molecule has 0 saturated carbocycles. The molecule has 1 fully saturated rings. The van der Waals surface area contributed by atoms with E-state index in [-0.39, 0.29) is 17.2 Å². The van der Waals surface area contributed by atoms with Gasteiger partial charge < -0.3 is 26.0 Å². The molecule has 0 bridgehead atoms. The summed E-state index contributed by atoms with van der Waals surface area (Å²) in [5.41, 5.74) is 11.8. The van der Waals surface area contributed by atoms with E-state index in [0.717, 1.165) is 0 Å². The number of rotatable bonds is 3. The molecule has 20 heavy (non-hydrogen) atoms. The van der Waals surface area contributed by atoms with Crippen molar-refractivity contribution in [3.8, 4) is 0 Å². The van der Waals surface area contributed by atoms with Gasteiger partial charge in [0.05, 0.1) is 24.5 Å². The summed E-state index contributed by atoms with van der Waals surface area (Å²) < 4.78 is 5.28. The van der Waals surface area contributed by atoms with Crippen molar-refractivity contribution >= 4 is 33.8 Å². The standard InChI is InChI=1S/C12H18N4O3S/c1-15(2)11(18)9-8(13)7(10(14)17)12(20-9)16-3-5-19-6-4-16/h3-6,13H2,1-2H3,(H2,14,17). The van der Waals surface area contributed by atoms with Crippen LogP contribution in [0.1, 0.15) is 20.0 Å². The van der Waals surface area contributed by atoms with Crippen LogP contribution in [0.3, 0.4) is 0 Å². The number of morpholine rings is 1. The van der Waals surface area contributed by atoms with Gasteiger partial charge in [0.1, 0.15) is 9.88 Å². The van der Waals surface area contributed by atoms with E-state index < -0.39 is 5.91 Å². The van der Waals surface area contributed by atoms with Crippen molar-refractivity contribution in [3.05, 3.63) is 10.4 Å². The summed E-state index contributed by atoms with van der Waals surface area (Å²) in [5.74, 6) is -0.840. The largest absolute Gasteiger partial charge is 0.397 e. The van der Waals surface area contributed by atoms with E-state index in [4.69, 9.17) is 16.2 Å². The lowest BCUT2D eigenvalue weighted by molar-refractivity contribution is 0.0833. The number of thiophene rings is 1. The molecule has 2 heterocycles. The number of hydrogen-bond donors (Lipinski definition) is 2. The molecule has 4 N–H and O–H groups in total. The molecule has 0 aliphatic carbocycles. The van der Waals surface area contributed by atoms with Gasteiger partial charge in [0, 0.05) is 27.2 Å². The van der Waals surface area contributed by atoms with Crippen LogP contribution in [0.5, 0.6) is 0 Å². The van der Waals surface area contributed by atoms with Gasteiger partial charge in [-0.2, -0.15) is 0 Å². The molecule has 1 aliphatic heterocycles. The van der Waals surface area contributed by atoms with Gasteiger partial charge in [0.15, 0.2) is 0 Å². The molecule has 0 aromatic carbocycles. The van der Waals surface area contributed by atoms with Crippen LogP contribution in [-0.2, 0) is 4.74 Å². The zero-order valence-corrected chi connectivity index (χ0v) is 12.3. The lowest BCUT2D eigenvalue weighted by Crippen LogP contribution is -2.36. The normalized spacial score (nSPS) is 15.2. The summed E-state index contributed by atoms with van der Waals surface area (Å²) >= 11 is 1.21. The van der Waals surface area contributed by atoms with Crippen molar-refractivity contribution in [1.82, 2.24) is 4.90 Å². The molecule has 1 aliphatic rings. The summed E-state index contributed by atoms with van der Waals surface area (Å²) in [6.45, 7) is 2.45. The molecule has 8 heteroatoms. The highest BCUT2D eigenvalue weighted by molar-refractivity contribution is 7.19. The van der Waals surface area contributed by atoms with Gasteiger partial charge in [0.25, 0.3) is 11.8 Å². The van der Waals surface area contributed by atoms with Crippen molar-refractivity contribution < 1.29 is 14.3 Å². The molecule has 110 valence electrons. The third kappa shape index (κ3) is 2.56. The molecule has 1 saturated heterocycles. The Kier molecular flexibility index (Phi) is 4.15. The molecule has 1 aromatic heterocycles. The van der Waals surface area contributed by atoms with Gasteiger partial charge in [0.2, 0.25) is 0 Å². The monoisotopic (exact) mass is 298 g/mol. The number of primary amides is 1. The Morgan fingerprint density at radius 2 is 1.90 bits per heavy atom. The number of carbonyl (C=O) groups excluding carboxylic acids is 2. The third-order valence-electron chi connectivity index (χ3n) is 3.07. The summed E-state index contributed by atoms with van der Waals surface area (Å²) in [6.07, 6.45) is 0. The zero-order valence-electron chi connectivity index (χ0n) is 11.5. The van der Waals surface area contributed by atoms with Crippen LogP contribution in [0.4, 0.5) is 10.7 Å². The summed E-state index contributed by atoms with van der Waals surface area (Å²) in [7, 11) is 3.28. The highest BCUT2D eigenvalue weighted by Crippen LogP contribution is 2.38. The first-order valence-corrected chi connectivity index (χ1v) is 7.01. The third-order valence-corrected chi connectivity index (χ3v) is 4.33. The number of nitrogens with two attached hydrogens (primary N) is 2. The number of hydrogen-bond acceptors (Lipinski definition) is 6. The fourth-order valence-electron chi connectivity index (χ4n) is 2.02. The van der Waals surface area contributed by atoms with Crippen LogP contribution in [0.25, 0.3) is 0 Å². The molecule has 0 spiro atoms. The Morgan fingerprint density at radius 3 is 2.40 bits per heavy atom. The van der Waals surface area contributed by atoms with Crippen LogP contribution in [-0.4, -0.2) is 57.1 Å². The van der Waals surface area contributed by atoms with Crippen molar-refractivity contribution in [2.75, 3.05) is 51.0 Å². The summed E-state index contributed by atoms with van der Waals surface area (Å²) in [5, 5.41) is 0.656. The van der Waals surface area contributed by atoms with E-state index in [0.29, 0.717) is 36.2 Å². The van der Waals surface area contributed by atoms with Crippen molar-refractivity contribution in [2.24, 2.45) is 5.73 Å². The summed E-state index contributed by atoms with van der Waals surface area (Å²) in [4.78, 5) is 27.5. The van der Waals surface area contributed by atoms with Crippen LogP contribution >= 0.6 is 11.3 Å². The van der Waals surface area contributed by atoms with Crippen molar-refractivity contribution in [2.45, 2.75) is 0 Å². The minimum absolute atomic E-state index is 0.169. The van der Waals surface area contributed by atoms with Gasteiger partial charge in [-0.1, -0.05) is 0 Å². The fraction of sp³-hybridized carbons (Fsp3) is 0.500. The molecule has 7 nitrogen and oxygen atoms in total. The Hall–Kier alpha value is -1.80. The first-order chi connectivity index (χ1) is 9.43. The van der Waals surface area contributed by atoms with E-state index in [1.165, 1.54) is 16.2 Å². The zero-order chi connectivity index (χ0) is 14.9. The predicted molar refractivity (Wildman–Crippen MR) is 78.3 cm³/mol. The molecule has 0 radical (unpaired) electrons. The molecule has 2 rings (SSSR count). The molecular formula is C12H18N4O3S. The Morgan fingerprint density at radius 1 is 1.30 bits per heavy atom. The average molecular weight is 298 g/mol. The Balaban J connectivity index is 2.47. The number of amides is 2. The first-order valence-electron chi connectivity index (χ1n) is 6.20. The quantitative estimate of drug-likeness (QED) is 0.815. The van der Waals surface area contributed by atoms with Crippen LogP contribution in [0.15, 0.2) is 0 Å². The van der Waals surface area contributed by atoms with Crippen LogP contribution in [0, 0.1) is 0 Å². The molecule has 1 aromatic rings. The van der Waals surface area contributed by atoms with Crippen molar-refractivity contribution in [1.29, 1.82) is 0 Å². The van der Waals surface area contributed by atoms with Gasteiger partial charge in [-0.3, -0.25) is 9.59 Å². The molecule has 0 atom stereocenters. The van der Waals surface area contributed by atoms with Gasteiger partial charge in [-0.15, -0.1) is 11.3 Å². The SMILES string of the molecule is CN(C)C(=O)c1sc(N2CCOCC2)c(C(N)=O)c1N. The minimum Gasteiger partial charge on any atom is -0.397 e. The molecule has 0 unspecified atom stereocenters. The van der Waals surface area contributed by atoms with E-state index in [9.17, 15) is 9.59 Å². The molecular weight excluding hydrogens is 280 g/mol. The van der Waals surface area contributed by atoms with Crippen molar-refractivity contribution in [3.63, 3.8) is 0 Å². The average Bonchev–Trinajstić information content (AvgIpc) is 2.76. The molecule has 2 amide bonds. The van der Waals surface area contributed by atoms with Gasteiger partial charge in [-0.25, -0.2) is 0 Å². The van der Waals surface area contributed by atoms with E-state index >= 15 is 0 Å². The smallest absolute Gasteiger partial charge is 0.265 e. The predicted octanol–water partition coefficient (Wildman–Crippen LogP) is -0.0324. The highest BCUT2D eigenvalue weighted by atomic mass is 32.1.